The number of anilines is 1. The molecule has 1 aliphatic carbocycles. The number of rotatable bonds is 13. The lowest BCUT2D eigenvalue weighted by molar-refractivity contribution is -0.174. The molecule has 5 aliphatic heterocycles. The number of carbonyl (C=O) groups excluding carboxylic acids is 2. The van der Waals surface area contributed by atoms with Gasteiger partial charge < -0.3 is 35.0 Å². The largest absolute Gasteiger partial charge is 0.489 e. The number of benzene rings is 3. The Balaban J connectivity index is 0.776. The minimum atomic E-state index is -1.12. The summed E-state index contributed by atoms with van der Waals surface area (Å²) in [6, 6.07) is 18.6. The maximum Gasteiger partial charge on any atom is 0.244 e. The zero-order valence-corrected chi connectivity index (χ0v) is 42.9. The van der Waals surface area contributed by atoms with Gasteiger partial charge in [-0.3, -0.25) is 30.0 Å². The van der Waals surface area contributed by atoms with Crippen LogP contribution in [-0.2, 0) is 15.2 Å². The standard InChI is InChI=1S/C54H71ClFN9O5/c1-31(2)65(35-18-21-63(22-19-35)51-59-26-33(27-60-51)47(66)61-49-52(3,4)50(53(49,5)6)69-37-15-13-32(25-57)41(55)24-37)36-28-64(29-36)42-11-10-12-44(45(42)56)70-43-16-14-34(54(7,8)68)23-39(43)40-30-62(9)48(67)46-38(40)17-20-58-46/h10-16,23-24,30-31,33,35-36,38,46,49-51,58-60,68H,17-22,26-29H2,1-9H3,(H,61,66). The topological polar surface area (TPSA) is 158 Å². The van der Waals surface area contributed by atoms with E-state index in [0.717, 1.165) is 43.5 Å². The van der Waals surface area contributed by atoms with Crippen molar-refractivity contribution in [3.63, 3.8) is 0 Å². The van der Waals surface area contributed by atoms with E-state index < -0.39 is 11.4 Å². The molecule has 9 rings (SSSR count). The highest BCUT2D eigenvalue weighted by Crippen LogP contribution is 2.56. The van der Waals surface area contributed by atoms with Gasteiger partial charge in [-0.1, -0.05) is 51.4 Å². The number of amides is 2. The Bertz CT molecular complexity index is 2520. The molecule has 3 aromatic rings. The predicted octanol–water partition coefficient (Wildman–Crippen LogP) is 6.62. The lowest BCUT2D eigenvalue weighted by atomic mass is 9.49. The lowest BCUT2D eigenvalue weighted by Crippen LogP contribution is -2.75. The highest BCUT2D eigenvalue weighted by Gasteiger charge is 2.64. The molecule has 1 saturated carbocycles. The fourth-order valence-electron chi connectivity index (χ4n) is 12.7. The third kappa shape index (κ3) is 9.41. The van der Waals surface area contributed by atoms with Crippen LogP contribution < -0.4 is 35.6 Å². The average Bonchev–Trinajstić information content (AvgIpc) is 3.81. The van der Waals surface area contributed by atoms with Crippen molar-refractivity contribution in [2.24, 2.45) is 22.7 Å². The molecule has 3 aromatic carbocycles. The van der Waals surface area contributed by atoms with Crippen molar-refractivity contribution in [2.75, 3.05) is 57.8 Å². The Morgan fingerprint density at radius 3 is 2.33 bits per heavy atom. The van der Waals surface area contributed by atoms with E-state index >= 15 is 4.39 Å². The van der Waals surface area contributed by atoms with E-state index in [-0.39, 0.29) is 70.7 Å². The van der Waals surface area contributed by atoms with Gasteiger partial charge in [0.2, 0.25) is 11.8 Å². The fraction of sp³-hybridized carbons (Fsp3) is 0.574. The molecule has 0 radical (unpaired) electrons. The maximum absolute atomic E-state index is 16.6. The number of nitrogens with one attached hydrogen (secondary N) is 4. The molecule has 0 spiro atoms. The molecule has 4 saturated heterocycles. The van der Waals surface area contributed by atoms with Gasteiger partial charge in [0.25, 0.3) is 0 Å². The number of hydrogen-bond donors (Lipinski definition) is 5. The van der Waals surface area contributed by atoms with Crippen LogP contribution in [0.4, 0.5) is 10.1 Å². The highest BCUT2D eigenvalue weighted by atomic mass is 35.5. The predicted molar refractivity (Wildman–Crippen MR) is 270 cm³/mol. The summed E-state index contributed by atoms with van der Waals surface area (Å²) < 4.78 is 29.5. The summed E-state index contributed by atoms with van der Waals surface area (Å²) in [4.78, 5) is 35.6. The van der Waals surface area contributed by atoms with Crippen molar-refractivity contribution >= 4 is 34.7 Å². The van der Waals surface area contributed by atoms with Crippen molar-refractivity contribution in [3.05, 3.63) is 88.3 Å². The van der Waals surface area contributed by atoms with Gasteiger partial charge in [0.15, 0.2) is 11.6 Å². The molecule has 5 fully saturated rings. The second kappa shape index (κ2) is 19.3. The molecule has 5 heterocycles. The highest BCUT2D eigenvalue weighted by molar-refractivity contribution is 6.31. The SMILES string of the molecule is CC(C)N(C1CCN(C2NCC(C(=O)NC3C(C)(C)C(Oc4ccc(C#N)c(Cl)c4)C3(C)C)CN2)CC1)C1CN(c2cccc(Oc3ccc(C(C)(C)O)cc3C3=CN(C)C(=O)C4NCCC34)c2F)C1. The zero-order chi connectivity index (χ0) is 50.0. The van der Waals surface area contributed by atoms with Gasteiger partial charge in [-0.25, -0.2) is 4.39 Å². The van der Waals surface area contributed by atoms with Crippen LogP contribution in [0.1, 0.15) is 91.3 Å². The van der Waals surface area contributed by atoms with Crippen molar-refractivity contribution in [1.82, 2.24) is 36.0 Å². The first kappa shape index (κ1) is 50.2. The third-order valence-electron chi connectivity index (χ3n) is 16.2. The van der Waals surface area contributed by atoms with Crippen molar-refractivity contribution in [1.29, 1.82) is 5.26 Å². The van der Waals surface area contributed by atoms with Crippen LogP contribution in [0, 0.1) is 39.8 Å². The minimum Gasteiger partial charge on any atom is -0.489 e. The van der Waals surface area contributed by atoms with E-state index in [4.69, 9.17) is 21.1 Å². The van der Waals surface area contributed by atoms with E-state index in [1.165, 1.54) is 0 Å². The Kier molecular flexibility index (Phi) is 13.9. The molecule has 5 N–H and O–H groups in total. The number of fused-ring (bicyclic) bond motifs is 1. The third-order valence-corrected chi connectivity index (χ3v) is 16.5. The van der Waals surface area contributed by atoms with Crippen LogP contribution in [0.3, 0.4) is 0 Å². The smallest absolute Gasteiger partial charge is 0.244 e. The minimum absolute atomic E-state index is 0.0140. The molecule has 2 amide bonds. The van der Waals surface area contributed by atoms with Crippen LogP contribution >= 0.6 is 11.6 Å². The van der Waals surface area contributed by atoms with Gasteiger partial charge in [0.05, 0.1) is 33.8 Å². The number of likely N-dealkylation sites (tertiary alicyclic amines) is 1. The van der Waals surface area contributed by atoms with Crippen LogP contribution in [0.25, 0.3) is 5.57 Å². The maximum atomic E-state index is 16.6. The van der Waals surface area contributed by atoms with Crippen LogP contribution in [0.15, 0.2) is 60.8 Å². The van der Waals surface area contributed by atoms with E-state index in [1.807, 2.05) is 30.5 Å². The summed E-state index contributed by atoms with van der Waals surface area (Å²) in [7, 11) is 1.75. The molecule has 0 aromatic heterocycles. The summed E-state index contributed by atoms with van der Waals surface area (Å²) in [5.74, 6) is 0.543. The van der Waals surface area contributed by atoms with Gasteiger partial charge >= 0.3 is 0 Å². The van der Waals surface area contributed by atoms with Gasteiger partial charge in [-0.05, 0) is 101 Å². The van der Waals surface area contributed by atoms with Crippen molar-refractivity contribution in [3.8, 4) is 23.3 Å². The first-order chi connectivity index (χ1) is 33.2. The number of ether oxygens (including phenoxy) is 2. The van der Waals surface area contributed by atoms with Crippen molar-refractivity contribution < 1.29 is 28.6 Å². The quantitative estimate of drug-likeness (QED) is 0.125. The Morgan fingerprint density at radius 1 is 0.986 bits per heavy atom. The molecular formula is C54H71ClFN9O5. The number of hydrogen-bond acceptors (Lipinski definition) is 12. The van der Waals surface area contributed by atoms with E-state index in [0.29, 0.717) is 78.1 Å². The van der Waals surface area contributed by atoms with E-state index in [2.05, 4.69) is 83.6 Å². The zero-order valence-electron chi connectivity index (χ0n) is 42.1. The summed E-state index contributed by atoms with van der Waals surface area (Å²) in [5.41, 5.74) is 1.47. The Labute approximate surface area is 417 Å². The fourth-order valence-corrected chi connectivity index (χ4v) is 12.9. The van der Waals surface area contributed by atoms with Crippen molar-refractivity contribution in [2.45, 2.75) is 123 Å². The van der Waals surface area contributed by atoms with Crippen LogP contribution in [0.5, 0.6) is 17.2 Å². The molecule has 0 bridgehead atoms. The monoisotopic (exact) mass is 980 g/mol. The Morgan fingerprint density at radius 2 is 1.69 bits per heavy atom. The number of aliphatic hydroxyl groups is 1. The van der Waals surface area contributed by atoms with Gasteiger partial charge in [0, 0.05) is 105 Å². The molecule has 14 nitrogen and oxygen atoms in total. The molecule has 70 heavy (non-hydrogen) atoms. The van der Waals surface area contributed by atoms with E-state index in [9.17, 15) is 20.0 Å². The number of halogens is 2. The summed E-state index contributed by atoms with van der Waals surface area (Å²) in [6.45, 7) is 21.6. The second-order valence-electron chi connectivity index (χ2n) is 22.4. The lowest BCUT2D eigenvalue weighted by Gasteiger charge is -2.63. The molecule has 376 valence electrons. The van der Waals surface area contributed by atoms with Crippen LogP contribution in [0.2, 0.25) is 5.02 Å². The van der Waals surface area contributed by atoms with Gasteiger partial charge in [-0.2, -0.15) is 5.26 Å². The molecular weight excluding hydrogens is 909 g/mol. The summed E-state index contributed by atoms with van der Waals surface area (Å²) >= 11 is 6.29. The van der Waals surface area contributed by atoms with Gasteiger partial charge in [0.1, 0.15) is 30.0 Å². The average molecular weight is 981 g/mol. The normalized spacial score (nSPS) is 27.1. The number of carbonyl (C=O) groups is 2. The summed E-state index contributed by atoms with van der Waals surface area (Å²) in [6.07, 6.45) is 4.46. The van der Waals surface area contributed by atoms with E-state index in [1.54, 1.807) is 56.1 Å². The molecule has 2 atom stereocenters. The first-order valence-electron chi connectivity index (χ1n) is 25.1. The molecule has 16 heteroatoms. The first-order valence-corrected chi connectivity index (χ1v) is 25.5. The molecule has 6 aliphatic rings. The Hall–Kier alpha value is -4.79. The number of piperidine rings is 1. The van der Waals surface area contributed by atoms with Gasteiger partial charge in [-0.15, -0.1) is 0 Å². The number of nitrogens with zero attached hydrogens (tertiary/aromatic N) is 5. The second-order valence-corrected chi connectivity index (χ2v) is 22.8. The number of nitriles is 1. The molecule has 2 unspecified atom stereocenters. The van der Waals surface area contributed by atoms with Crippen LogP contribution in [-0.4, -0.2) is 127 Å². The number of likely N-dealkylation sites (N-methyl/N-ethyl adjacent to an activating group) is 1. The summed E-state index contributed by atoms with van der Waals surface area (Å²) in [5, 5.41) is 34.6.